The molecule has 18 heavy (non-hydrogen) atoms. The summed E-state index contributed by atoms with van der Waals surface area (Å²) in [6.45, 7) is 10.5. The molecule has 1 aromatic carbocycles. The van der Waals surface area contributed by atoms with Crippen LogP contribution >= 0.6 is 0 Å². The minimum Gasteiger partial charge on any atom is -0.350 e. The lowest BCUT2D eigenvalue weighted by Crippen LogP contribution is -2.27. The second-order valence-electron chi connectivity index (χ2n) is 5.71. The third kappa shape index (κ3) is 4.52. The first-order valence-corrected chi connectivity index (χ1v) is 6.79. The lowest BCUT2D eigenvalue weighted by atomic mass is 9.99. The summed E-state index contributed by atoms with van der Waals surface area (Å²) in [5, 5.41) is 3.04. The van der Waals surface area contributed by atoms with Gasteiger partial charge in [-0.2, -0.15) is 0 Å². The summed E-state index contributed by atoms with van der Waals surface area (Å²) >= 11 is 0. The molecule has 100 valence electrons. The molecular weight excluding hydrogens is 222 g/mol. The monoisotopic (exact) mass is 247 g/mol. The fourth-order valence-corrected chi connectivity index (χ4v) is 1.92. The lowest BCUT2D eigenvalue weighted by molar-refractivity contribution is -0.122. The smallest absolute Gasteiger partial charge is 0.220 e. The van der Waals surface area contributed by atoms with E-state index in [0.717, 1.165) is 5.56 Å². The van der Waals surface area contributed by atoms with Crippen LogP contribution in [0, 0.1) is 5.92 Å². The molecule has 0 aliphatic carbocycles. The predicted octanol–water partition coefficient (Wildman–Crippen LogP) is 4.03. The summed E-state index contributed by atoms with van der Waals surface area (Å²) in [4.78, 5) is 11.7. The van der Waals surface area contributed by atoms with E-state index in [1.54, 1.807) is 0 Å². The minimum absolute atomic E-state index is 0.0810. The Morgan fingerprint density at radius 2 is 1.50 bits per heavy atom. The molecule has 0 heterocycles. The highest BCUT2D eigenvalue weighted by atomic mass is 16.1. The molecule has 1 rings (SSSR count). The van der Waals surface area contributed by atoms with Gasteiger partial charge >= 0.3 is 0 Å². The van der Waals surface area contributed by atoms with E-state index in [0.29, 0.717) is 18.3 Å². The van der Waals surface area contributed by atoms with Gasteiger partial charge in [0.1, 0.15) is 0 Å². The first kappa shape index (κ1) is 14.7. The number of amides is 1. The maximum absolute atomic E-state index is 11.7. The van der Waals surface area contributed by atoms with Crippen molar-refractivity contribution in [2.24, 2.45) is 5.92 Å². The number of carbonyl (C=O) groups excluding carboxylic acids is 1. The Bertz CT molecular complexity index is 379. The molecule has 0 saturated heterocycles. The van der Waals surface area contributed by atoms with Crippen molar-refractivity contribution in [1.82, 2.24) is 5.32 Å². The van der Waals surface area contributed by atoms with Crippen LogP contribution in [0.15, 0.2) is 24.3 Å². The second kappa shape index (κ2) is 6.58. The Hall–Kier alpha value is -1.31. The molecule has 0 radical (unpaired) electrons. The molecule has 0 unspecified atom stereocenters. The Morgan fingerprint density at radius 1 is 1.00 bits per heavy atom. The lowest BCUT2D eigenvalue weighted by Gasteiger charge is -2.16. The highest BCUT2D eigenvalue weighted by Gasteiger charge is 2.11. The number of rotatable bonds is 5. The van der Waals surface area contributed by atoms with Gasteiger partial charge in [-0.3, -0.25) is 4.79 Å². The first-order valence-electron chi connectivity index (χ1n) is 6.79. The van der Waals surface area contributed by atoms with Gasteiger partial charge in [-0.15, -0.1) is 0 Å². The van der Waals surface area contributed by atoms with Gasteiger partial charge in [0.15, 0.2) is 0 Å². The number of hydrogen-bond donors (Lipinski definition) is 1. The Kier molecular flexibility index (Phi) is 5.39. The predicted molar refractivity (Wildman–Crippen MR) is 76.5 cm³/mol. The third-order valence-corrected chi connectivity index (χ3v) is 3.07. The molecule has 0 aromatic heterocycles. The zero-order valence-electron chi connectivity index (χ0n) is 12.2. The molecule has 1 atom stereocenters. The van der Waals surface area contributed by atoms with E-state index in [9.17, 15) is 4.79 Å². The minimum atomic E-state index is 0.0810. The molecule has 1 amide bonds. The third-order valence-electron chi connectivity index (χ3n) is 3.07. The molecule has 0 saturated carbocycles. The van der Waals surface area contributed by atoms with E-state index in [1.807, 2.05) is 6.92 Å². The zero-order valence-corrected chi connectivity index (χ0v) is 12.2. The molecule has 1 aromatic rings. The number of benzene rings is 1. The van der Waals surface area contributed by atoms with Crippen LogP contribution in [0.3, 0.4) is 0 Å². The second-order valence-corrected chi connectivity index (χ2v) is 5.71. The van der Waals surface area contributed by atoms with Crippen molar-refractivity contribution in [3.63, 3.8) is 0 Å². The number of carbonyl (C=O) groups is 1. The van der Waals surface area contributed by atoms with Crippen LogP contribution in [-0.4, -0.2) is 5.91 Å². The molecule has 2 nitrogen and oxygen atoms in total. The van der Waals surface area contributed by atoms with Crippen molar-refractivity contribution in [1.29, 1.82) is 0 Å². The number of nitrogens with one attached hydrogen (secondary N) is 1. The zero-order chi connectivity index (χ0) is 13.7. The average molecular weight is 247 g/mol. The normalized spacial score (nSPS) is 12.8. The van der Waals surface area contributed by atoms with E-state index >= 15 is 0 Å². The topological polar surface area (TPSA) is 29.1 Å². The molecule has 0 spiro atoms. The van der Waals surface area contributed by atoms with E-state index in [1.165, 1.54) is 5.56 Å². The van der Waals surface area contributed by atoms with Crippen molar-refractivity contribution in [3.05, 3.63) is 35.4 Å². The van der Waals surface area contributed by atoms with E-state index in [4.69, 9.17) is 0 Å². The van der Waals surface area contributed by atoms with E-state index < -0.39 is 0 Å². The summed E-state index contributed by atoms with van der Waals surface area (Å²) in [5.74, 6) is 1.08. The molecule has 0 aliphatic heterocycles. The van der Waals surface area contributed by atoms with Gasteiger partial charge < -0.3 is 5.32 Å². The Balaban J connectivity index is 2.61. The van der Waals surface area contributed by atoms with Crippen molar-refractivity contribution in [2.45, 2.75) is 53.0 Å². The molecule has 1 N–H and O–H groups in total. The SMILES string of the molecule is CC(C)CC(=O)N[C@@H](C)c1ccc(C(C)C)cc1. The standard InChI is InChI=1S/C16H25NO/c1-11(2)10-16(18)17-13(5)15-8-6-14(7-9-15)12(3)4/h6-9,11-13H,10H2,1-5H3,(H,17,18)/t13-/m0/s1. The van der Waals surface area contributed by atoms with E-state index in [2.05, 4.69) is 57.3 Å². The van der Waals surface area contributed by atoms with Gasteiger partial charge in [0, 0.05) is 6.42 Å². The summed E-state index contributed by atoms with van der Waals surface area (Å²) < 4.78 is 0. The largest absolute Gasteiger partial charge is 0.350 e. The average Bonchev–Trinajstić information content (AvgIpc) is 2.27. The highest BCUT2D eigenvalue weighted by molar-refractivity contribution is 5.76. The van der Waals surface area contributed by atoms with Gasteiger partial charge in [0.25, 0.3) is 0 Å². The quantitative estimate of drug-likeness (QED) is 0.836. The Labute approximate surface area is 111 Å². The summed E-state index contributed by atoms with van der Waals surface area (Å²) in [6, 6.07) is 8.58. The van der Waals surface area contributed by atoms with Crippen LogP contribution in [0.25, 0.3) is 0 Å². The molecule has 2 heteroatoms. The number of hydrogen-bond acceptors (Lipinski definition) is 1. The first-order chi connectivity index (χ1) is 8.40. The van der Waals surface area contributed by atoms with Crippen LogP contribution in [0.5, 0.6) is 0 Å². The fourth-order valence-electron chi connectivity index (χ4n) is 1.92. The Morgan fingerprint density at radius 3 is 1.94 bits per heavy atom. The van der Waals surface area contributed by atoms with Gasteiger partial charge in [0.2, 0.25) is 5.91 Å². The van der Waals surface area contributed by atoms with Gasteiger partial charge in [-0.25, -0.2) is 0 Å². The van der Waals surface area contributed by atoms with Crippen molar-refractivity contribution < 1.29 is 4.79 Å². The van der Waals surface area contributed by atoms with Gasteiger partial charge in [-0.1, -0.05) is 52.0 Å². The maximum atomic E-state index is 11.7. The maximum Gasteiger partial charge on any atom is 0.220 e. The van der Waals surface area contributed by atoms with E-state index in [-0.39, 0.29) is 11.9 Å². The summed E-state index contributed by atoms with van der Waals surface area (Å²) in [7, 11) is 0. The summed E-state index contributed by atoms with van der Waals surface area (Å²) in [5.41, 5.74) is 2.50. The van der Waals surface area contributed by atoms with Crippen LogP contribution in [0.4, 0.5) is 0 Å². The molecule has 0 aliphatic rings. The van der Waals surface area contributed by atoms with Gasteiger partial charge in [-0.05, 0) is 29.9 Å². The molecule has 0 fully saturated rings. The molecule has 0 bridgehead atoms. The highest BCUT2D eigenvalue weighted by Crippen LogP contribution is 2.18. The van der Waals surface area contributed by atoms with Crippen LogP contribution in [0.2, 0.25) is 0 Å². The van der Waals surface area contributed by atoms with Crippen LogP contribution in [0.1, 0.15) is 64.1 Å². The van der Waals surface area contributed by atoms with Crippen molar-refractivity contribution in [2.75, 3.05) is 0 Å². The summed E-state index contributed by atoms with van der Waals surface area (Å²) in [6.07, 6.45) is 0.592. The van der Waals surface area contributed by atoms with Gasteiger partial charge in [0.05, 0.1) is 6.04 Å². The van der Waals surface area contributed by atoms with Crippen LogP contribution in [-0.2, 0) is 4.79 Å². The van der Waals surface area contributed by atoms with Crippen molar-refractivity contribution in [3.8, 4) is 0 Å². The molecular formula is C16H25NO. The fraction of sp³-hybridized carbons (Fsp3) is 0.562. The van der Waals surface area contributed by atoms with Crippen molar-refractivity contribution >= 4 is 5.91 Å². The van der Waals surface area contributed by atoms with Crippen LogP contribution < -0.4 is 5.32 Å².